The maximum Gasteiger partial charge on any atom is 0.255 e. The summed E-state index contributed by atoms with van der Waals surface area (Å²) in [5.41, 5.74) is 6.03. The van der Waals surface area contributed by atoms with Crippen LogP contribution in [0.1, 0.15) is 40.0 Å². The van der Waals surface area contributed by atoms with Crippen LogP contribution >= 0.6 is 0 Å². The molecule has 1 aromatic heterocycles. The molecule has 0 saturated carbocycles. The summed E-state index contributed by atoms with van der Waals surface area (Å²) in [7, 11) is 0. The quantitative estimate of drug-likeness (QED) is 0.878. The Bertz CT molecular complexity index is 928. The summed E-state index contributed by atoms with van der Waals surface area (Å²) in [4.78, 5) is 32.0. The summed E-state index contributed by atoms with van der Waals surface area (Å²) in [5.74, 6) is -0.561. The standard InChI is InChI=1S/C20H21FN4O3/c21-16-11-14(4-5-15(16)18(22)26)25-8-9-28-17-10-13(12-23-19(17)25)20(27)24-6-2-1-3-7-24/h4-5,10-12H,1-3,6-9H2,(H2,22,26). The molecule has 0 bridgehead atoms. The average molecular weight is 384 g/mol. The van der Waals surface area contributed by atoms with Crippen molar-refractivity contribution in [1.29, 1.82) is 0 Å². The number of rotatable bonds is 3. The van der Waals surface area contributed by atoms with E-state index >= 15 is 0 Å². The Labute approximate surface area is 161 Å². The van der Waals surface area contributed by atoms with Gasteiger partial charge < -0.3 is 20.3 Å². The minimum atomic E-state index is -0.814. The van der Waals surface area contributed by atoms with Gasteiger partial charge in [0.2, 0.25) is 0 Å². The second-order valence-corrected chi connectivity index (χ2v) is 6.93. The highest BCUT2D eigenvalue weighted by atomic mass is 19.1. The monoisotopic (exact) mass is 384 g/mol. The van der Waals surface area contributed by atoms with Crippen LogP contribution in [0.15, 0.2) is 30.5 Å². The van der Waals surface area contributed by atoms with Crippen LogP contribution in [0.3, 0.4) is 0 Å². The first kappa shape index (κ1) is 18.2. The highest BCUT2D eigenvalue weighted by Gasteiger charge is 2.25. The number of anilines is 2. The van der Waals surface area contributed by atoms with Gasteiger partial charge in [-0.15, -0.1) is 0 Å². The van der Waals surface area contributed by atoms with Crippen LogP contribution in [0.25, 0.3) is 0 Å². The molecule has 1 fully saturated rings. The number of carbonyl (C=O) groups excluding carboxylic acids is 2. The molecule has 4 rings (SSSR count). The molecular formula is C20H21FN4O3. The normalized spacial score (nSPS) is 16.3. The molecule has 1 saturated heterocycles. The van der Waals surface area contributed by atoms with Crippen LogP contribution in [0, 0.1) is 5.82 Å². The van der Waals surface area contributed by atoms with Crippen LogP contribution in [-0.2, 0) is 0 Å². The van der Waals surface area contributed by atoms with E-state index < -0.39 is 11.7 Å². The van der Waals surface area contributed by atoms with Crippen LogP contribution in [0.2, 0.25) is 0 Å². The van der Waals surface area contributed by atoms with E-state index in [-0.39, 0.29) is 11.5 Å². The maximum absolute atomic E-state index is 14.2. The zero-order valence-electron chi connectivity index (χ0n) is 15.4. The number of piperidine rings is 1. The van der Waals surface area contributed by atoms with Gasteiger partial charge in [0.15, 0.2) is 11.6 Å². The molecule has 2 amide bonds. The SMILES string of the molecule is NC(=O)c1ccc(N2CCOc3cc(C(=O)N4CCCCC4)cnc32)cc1F. The summed E-state index contributed by atoms with van der Waals surface area (Å²) in [6.45, 7) is 2.35. The van der Waals surface area contributed by atoms with E-state index in [4.69, 9.17) is 10.5 Å². The Morgan fingerprint density at radius 3 is 2.61 bits per heavy atom. The summed E-state index contributed by atoms with van der Waals surface area (Å²) in [6.07, 6.45) is 4.71. The van der Waals surface area contributed by atoms with Gasteiger partial charge in [-0.2, -0.15) is 0 Å². The molecule has 0 atom stereocenters. The molecule has 7 nitrogen and oxygen atoms in total. The molecule has 2 aliphatic rings. The predicted octanol–water partition coefficient (Wildman–Crippen LogP) is 2.48. The van der Waals surface area contributed by atoms with Crippen LogP contribution in [0.4, 0.5) is 15.9 Å². The van der Waals surface area contributed by atoms with E-state index in [1.54, 1.807) is 17.0 Å². The maximum atomic E-state index is 14.2. The lowest BCUT2D eigenvalue weighted by molar-refractivity contribution is 0.0723. The largest absolute Gasteiger partial charge is 0.488 e. The number of pyridine rings is 1. The van der Waals surface area contributed by atoms with Crippen molar-refractivity contribution in [3.63, 3.8) is 0 Å². The van der Waals surface area contributed by atoms with Crippen molar-refractivity contribution < 1.29 is 18.7 Å². The summed E-state index contributed by atoms with van der Waals surface area (Å²) in [6, 6.07) is 5.92. The number of ether oxygens (including phenoxy) is 1. The van der Waals surface area contributed by atoms with Crippen molar-refractivity contribution in [2.45, 2.75) is 19.3 Å². The van der Waals surface area contributed by atoms with Crippen molar-refractivity contribution >= 4 is 23.3 Å². The molecule has 2 N–H and O–H groups in total. The van der Waals surface area contributed by atoms with Crippen LogP contribution in [0.5, 0.6) is 5.75 Å². The minimum Gasteiger partial charge on any atom is -0.488 e. The Hall–Kier alpha value is -3.16. The Morgan fingerprint density at radius 1 is 1.11 bits per heavy atom. The van der Waals surface area contributed by atoms with E-state index in [1.807, 2.05) is 4.90 Å². The van der Waals surface area contributed by atoms with Gasteiger partial charge in [0, 0.05) is 25.0 Å². The molecule has 0 unspecified atom stereocenters. The fraction of sp³-hybridized carbons (Fsp3) is 0.350. The third-order valence-electron chi connectivity index (χ3n) is 5.08. The number of aromatic nitrogens is 1. The minimum absolute atomic E-state index is 0.0485. The smallest absolute Gasteiger partial charge is 0.255 e. The van der Waals surface area contributed by atoms with Crippen molar-refractivity contribution in [1.82, 2.24) is 9.88 Å². The van der Waals surface area contributed by atoms with Crippen molar-refractivity contribution in [3.8, 4) is 5.75 Å². The number of amides is 2. The molecule has 28 heavy (non-hydrogen) atoms. The molecule has 146 valence electrons. The van der Waals surface area contributed by atoms with E-state index in [9.17, 15) is 14.0 Å². The van der Waals surface area contributed by atoms with Gasteiger partial charge in [0.25, 0.3) is 11.8 Å². The van der Waals surface area contributed by atoms with Crippen molar-refractivity contribution in [2.24, 2.45) is 5.73 Å². The fourth-order valence-corrected chi connectivity index (χ4v) is 3.62. The first-order valence-corrected chi connectivity index (χ1v) is 9.33. The second-order valence-electron chi connectivity index (χ2n) is 6.93. The number of hydrogen-bond acceptors (Lipinski definition) is 5. The van der Waals surface area contributed by atoms with E-state index in [1.165, 1.54) is 18.3 Å². The molecule has 0 aliphatic carbocycles. The highest BCUT2D eigenvalue weighted by molar-refractivity contribution is 5.95. The van der Waals surface area contributed by atoms with Gasteiger partial charge in [0.1, 0.15) is 12.4 Å². The number of likely N-dealkylation sites (tertiary alicyclic amines) is 1. The Balaban J connectivity index is 1.62. The number of nitrogens with two attached hydrogens (primary N) is 1. The third-order valence-corrected chi connectivity index (χ3v) is 5.08. The van der Waals surface area contributed by atoms with Crippen molar-refractivity contribution in [3.05, 3.63) is 47.4 Å². The number of fused-ring (bicyclic) bond motifs is 1. The number of benzene rings is 1. The predicted molar refractivity (Wildman–Crippen MR) is 101 cm³/mol. The number of nitrogens with zero attached hydrogens (tertiary/aromatic N) is 3. The third kappa shape index (κ3) is 3.37. The Morgan fingerprint density at radius 2 is 1.89 bits per heavy atom. The molecule has 3 heterocycles. The average Bonchev–Trinajstić information content (AvgIpc) is 2.72. The number of hydrogen-bond donors (Lipinski definition) is 1. The lowest BCUT2D eigenvalue weighted by Crippen LogP contribution is -2.36. The van der Waals surface area contributed by atoms with Crippen LogP contribution < -0.4 is 15.4 Å². The van der Waals surface area contributed by atoms with Gasteiger partial charge in [-0.1, -0.05) is 0 Å². The number of halogens is 1. The first-order chi connectivity index (χ1) is 13.5. The molecule has 0 spiro atoms. The first-order valence-electron chi connectivity index (χ1n) is 9.33. The molecule has 2 aromatic rings. The topological polar surface area (TPSA) is 88.8 Å². The van der Waals surface area contributed by atoms with E-state index in [0.717, 1.165) is 32.4 Å². The van der Waals surface area contributed by atoms with E-state index in [0.29, 0.717) is 36.0 Å². The van der Waals surface area contributed by atoms with Gasteiger partial charge in [-0.05, 0) is 43.5 Å². The van der Waals surface area contributed by atoms with E-state index in [2.05, 4.69) is 4.98 Å². The van der Waals surface area contributed by atoms with Gasteiger partial charge in [0.05, 0.1) is 17.7 Å². The zero-order valence-corrected chi connectivity index (χ0v) is 15.4. The molecule has 8 heteroatoms. The van der Waals surface area contributed by atoms with Gasteiger partial charge >= 0.3 is 0 Å². The summed E-state index contributed by atoms with van der Waals surface area (Å²) >= 11 is 0. The van der Waals surface area contributed by atoms with Gasteiger partial charge in [-0.3, -0.25) is 9.59 Å². The second kappa shape index (κ2) is 7.46. The van der Waals surface area contributed by atoms with Gasteiger partial charge in [-0.25, -0.2) is 9.37 Å². The van der Waals surface area contributed by atoms with Crippen molar-refractivity contribution in [2.75, 3.05) is 31.1 Å². The fourth-order valence-electron chi connectivity index (χ4n) is 3.62. The number of carbonyl (C=O) groups is 2. The summed E-state index contributed by atoms with van der Waals surface area (Å²) in [5, 5.41) is 0. The molecule has 2 aliphatic heterocycles. The Kier molecular flexibility index (Phi) is 4.85. The van der Waals surface area contributed by atoms with Crippen LogP contribution in [-0.4, -0.2) is 47.9 Å². The lowest BCUT2D eigenvalue weighted by atomic mass is 10.1. The molecule has 1 aromatic carbocycles. The molecular weight excluding hydrogens is 363 g/mol. The molecule has 0 radical (unpaired) electrons. The zero-order chi connectivity index (χ0) is 19.7. The number of primary amides is 1. The summed E-state index contributed by atoms with van der Waals surface area (Å²) < 4.78 is 19.9. The highest BCUT2D eigenvalue weighted by Crippen LogP contribution is 2.36. The lowest BCUT2D eigenvalue weighted by Gasteiger charge is -2.31.